The number of nitrogens with one attached hydrogen (secondary N) is 2. The van der Waals surface area contributed by atoms with E-state index in [2.05, 4.69) is 24.8 Å². The van der Waals surface area contributed by atoms with Gasteiger partial charge in [-0.25, -0.2) is 13.6 Å². The van der Waals surface area contributed by atoms with Crippen LogP contribution in [0, 0.1) is 11.6 Å². The Morgan fingerprint density at radius 1 is 0.938 bits per heavy atom. The average Bonchev–Trinajstić information content (AvgIpc) is 3.32. The van der Waals surface area contributed by atoms with Gasteiger partial charge in [-0.15, -0.1) is 9.24 Å². The highest BCUT2D eigenvalue weighted by molar-refractivity contribution is 7.27. The highest BCUT2D eigenvalue weighted by Crippen LogP contribution is 2.22. The maximum absolute atomic E-state index is 14.3. The number of benzene rings is 3. The quantitative estimate of drug-likeness (QED) is 0.402. The van der Waals surface area contributed by atoms with Gasteiger partial charge in [0.15, 0.2) is 0 Å². The largest absolute Gasteiger partial charge is 0.322 e. The summed E-state index contributed by atoms with van der Waals surface area (Å²) in [6.07, 6.45) is 1.67. The van der Waals surface area contributed by atoms with Gasteiger partial charge in [0.25, 0.3) is 0 Å². The lowest BCUT2D eigenvalue weighted by molar-refractivity contribution is 0.206. The second-order valence-electron chi connectivity index (χ2n) is 7.30. The average molecular weight is 450 g/mol. The van der Waals surface area contributed by atoms with Gasteiger partial charge in [0.2, 0.25) is 0 Å². The maximum atomic E-state index is 14.3. The molecular formula is C24H21F2N4OP. The molecule has 1 unspecified atom stereocenters. The monoisotopic (exact) mass is 450 g/mol. The fourth-order valence-corrected chi connectivity index (χ4v) is 3.67. The smallest absolute Gasteiger partial charge is 0.316 e. The topological polar surface area (TPSA) is 61.0 Å². The molecule has 0 saturated carbocycles. The Morgan fingerprint density at radius 2 is 1.62 bits per heavy atom. The molecule has 0 fully saturated rings. The summed E-state index contributed by atoms with van der Waals surface area (Å²) in [6, 6.07) is 20.7. The molecule has 0 aliphatic heterocycles. The van der Waals surface area contributed by atoms with Crippen molar-refractivity contribution in [3.8, 4) is 11.3 Å². The summed E-state index contributed by atoms with van der Waals surface area (Å²) < 4.78 is 28.6. The van der Waals surface area contributed by atoms with Crippen molar-refractivity contribution in [1.29, 1.82) is 0 Å². The van der Waals surface area contributed by atoms with Gasteiger partial charge in [-0.3, -0.25) is 5.10 Å². The van der Waals surface area contributed by atoms with Crippen LogP contribution in [-0.4, -0.2) is 21.1 Å². The van der Waals surface area contributed by atoms with Gasteiger partial charge >= 0.3 is 6.03 Å². The van der Waals surface area contributed by atoms with Crippen molar-refractivity contribution in [1.82, 2.24) is 15.1 Å². The molecular weight excluding hydrogens is 429 g/mol. The van der Waals surface area contributed by atoms with E-state index >= 15 is 0 Å². The number of aromatic nitrogens is 2. The molecule has 0 aliphatic carbocycles. The first kappa shape index (κ1) is 21.7. The number of hydrogen-bond acceptors (Lipinski definition) is 2. The van der Waals surface area contributed by atoms with Gasteiger partial charge in [-0.1, -0.05) is 48.5 Å². The van der Waals surface area contributed by atoms with E-state index in [1.54, 1.807) is 6.20 Å². The molecule has 8 heteroatoms. The first-order valence-electron chi connectivity index (χ1n) is 9.92. The lowest BCUT2D eigenvalue weighted by Crippen LogP contribution is -2.34. The first-order chi connectivity index (χ1) is 15.5. The number of rotatable bonds is 6. The number of nitrogens with zero attached hydrogens (tertiary/aromatic N) is 2. The number of H-pyrrole nitrogens is 1. The van der Waals surface area contributed by atoms with E-state index in [1.807, 2.05) is 60.7 Å². The summed E-state index contributed by atoms with van der Waals surface area (Å²) in [5.41, 5.74) is 3.07. The Bertz CT molecular complexity index is 1190. The predicted octanol–water partition coefficient (Wildman–Crippen LogP) is 5.09. The zero-order valence-electron chi connectivity index (χ0n) is 17.1. The Balaban J connectivity index is 1.60. The maximum Gasteiger partial charge on any atom is 0.322 e. The molecule has 2 N–H and O–H groups in total. The predicted molar refractivity (Wildman–Crippen MR) is 124 cm³/mol. The molecule has 0 bridgehead atoms. The van der Waals surface area contributed by atoms with Crippen LogP contribution in [0.4, 0.5) is 19.3 Å². The third kappa shape index (κ3) is 5.18. The molecule has 1 atom stereocenters. The van der Waals surface area contributed by atoms with Crippen LogP contribution in [0.25, 0.3) is 11.3 Å². The molecule has 3 aromatic carbocycles. The number of anilines is 1. The molecule has 2 amide bonds. The highest BCUT2D eigenvalue weighted by atomic mass is 31.0. The summed E-state index contributed by atoms with van der Waals surface area (Å²) >= 11 is 0. The highest BCUT2D eigenvalue weighted by Gasteiger charge is 2.19. The second-order valence-corrected chi connectivity index (χ2v) is 7.97. The van der Waals surface area contributed by atoms with E-state index in [4.69, 9.17) is 0 Å². The molecule has 0 spiro atoms. The van der Waals surface area contributed by atoms with Gasteiger partial charge < -0.3 is 10.2 Å². The third-order valence-electron chi connectivity index (χ3n) is 4.91. The molecule has 162 valence electrons. The number of aromatic amines is 1. The summed E-state index contributed by atoms with van der Waals surface area (Å²) in [7, 11) is 2.24. The zero-order valence-corrected chi connectivity index (χ0v) is 18.2. The van der Waals surface area contributed by atoms with Crippen molar-refractivity contribution >= 4 is 26.3 Å². The normalized spacial score (nSPS) is 10.7. The Labute approximate surface area is 186 Å². The standard InChI is InChI=1S/C24H21F2N4OP/c25-20-12-19(32)13-21(26)23(20)28-24(31)30(14-16-5-2-1-3-6-16)15-17-7-4-8-18(11-17)22-9-10-27-29-22/h1-13H,14-15,32H2,(H,27,29)(H,28,31). The first-order valence-corrected chi connectivity index (χ1v) is 10.5. The summed E-state index contributed by atoms with van der Waals surface area (Å²) in [6.45, 7) is 0.513. The zero-order chi connectivity index (χ0) is 22.5. The number of hydrogen-bond donors (Lipinski definition) is 2. The summed E-state index contributed by atoms with van der Waals surface area (Å²) in [5.74, 6) is -1.66. The van der Waals surface area contributed by atoms with Gasteiger partial charge in [0, 0.05) is 19.3 Å². The molecule has 1 aromatic heterocycles. The van der Waals surface area contributed by atoms with Crippen LogP contribution >= 0.6 is 9.24 Å². The minimum Gasteiger partial charge on any atom is -0.316 e. The van der Waals surface area contributed by atoms with Crippen molar-refractivity contribution in [2.75, 3.05) is 5.32 Å². The van der Waals surface area contributed by atoms with Crippen LogP contribution in [0.1, 0.15) is 11.1 Å². The van der Waals surface area contributed by atoms with Gasteiger partial charge in [-0.05, 0) is 46.3 Å². The SMILES string of the molecule is O=C(Nc1c(F)cc(P)cc1F)N(Cc1ccccc1)Cc1cccc(-c2ccn[nH]2)c1. The Hall–Kier alpha value is -3.57. The van der Waals surface area contributed by atoms with Crippen molar-refractivity contribution < 1.29 is 13.6 Å². The van der Waals surface area contributed by atoms with Crippen LogP contribution in [0.5, 0.6) is 0 Å². The molecule has 5 nitrogen and oxygen atoms in total. The lowest BCUT2D eigenvalue weighted by Gasteiger charge is -2.24. The van der Waals surface area contributed by atoms with E-state index in [1.165, 1.54) is 4.90 Å². The van der Waals surface area contributed by atoms with Crippen molar-refractivity contribution in [2.45, 2.75) is 13.1 Å². The number of halogens is 2. The number of carbonyl (C=O) groups is 1. The lowest BCUT2D eigenvalue weighted by atomic mass is 10.1. The van der Waals surface area contributed by atoms with Crippen LogP contribution in [0.3, 0.4) is 0 Å². The number of urea groups is 1. The van der Waals surface area contributed by atoms with Crippen molar-refractivity contribution in [3.63, 3.8) is 0 Å². The second kappa shape index (κ2) is 9.71. The Morgan fingerprint density at radius 3 is 2.31 bits per heavy atom. The van der Waals surface area contributed by atoms with Gasteiger partial charge in [0.1, 0.15) is 17.3 Å². The molecule has 4 aromatic rings. The summed E-state index contributed by atoms with van der Waals surface area (Å²) in [4.78, 5) is 14.6. The molecule has 0 saturated heterocycles. The number of carbonyl (C=O) groups excluding carboxylic acids is 1. The molecule has 4 rings (SSSR count). The molecule has 0 radical (unpaired) electrons. The fourth-order valence-electron chi connectivity index (χ4n) is 3.38. The van der Waals surface area contributed by atoms with Gasteiger partial charge in [-0.2, -0.15) is 5.10 Å². The van der Waals surface area contributed by atoms with E-state index in [9.17, 15) is 13.6 Å². The minimum absolute atomic E-state index is 0.244. The fraction of sp³-hybridized carbons (Fsp3) is 0.0833. The van der Waals surface area contributed by atoms with E-state index in [-0.39, 0.29) is 13.1 Å². The summed E-state index contributed by atoms with van der Waals surface area (Å²) in [5, 5.41) is 9.65. The van der Waals surface area contributed by atoms with Crippen molar-refractivity contribution in [2.24, 2.45) is 0 Å². The van der Waals surface area contributed by atoms with E-state index < -0.39 is 23.4 Å². The van der Waals surface area contributed by atoms with Gasteiger partial charge in [0.05, 0.1) is 5.69 Å². The van der Waals surface area contributed by atoms with Crippen LogP contribution in [0.2, 0.25) is 0 Å². The minimum atomic E-state index is -0.829. The van der Waals surface area contributed by atoms with Crippen molar-refractivity contribution in [3.05, 3.63) is 102 Å². The Kier molecular flexibility index (Phi) is 6.57. The van der Waals surface area contributed by atoms with E-state index in [0.717, 1.165) is 34.5 Å². The number of amides is 2. The molecule has 0 aliphatic rings. The molecule has 1 heterocycles. The van der Waals surface area contributed by atoms with Crippen LogP contribution in [0.15, 0.2) is 79.0 Å². The van der Waals surface area contributed by atoms with Crippen LogP contribution in [-0.2, 0) is 13.1 Å². The van der Waals surface area contributed by atoms with Crippen LogP contribution < -0.4 is 10.6 Å². The third-order valence-corrected chi connectivity index (χ3v) is 5.25. The molecule has 32 heavy (non-hydrogen) atoms. The van der Waals surface area contributed by atoms with E-state index in [0.29, 0.717) is 5.30 Å².